The molecule has 19 atom stereocenters. The van der Waals surface area contributed by atoms with Crippen LogP contribution in [0, 0.1) is 64.1 Å². The molecule has 0 amide bonds. The number of rotatable bonds is 7. The Morgan fingerprint density at radius 2 is 1.87 bits per heavy atom. The van der Waals surface area contributed by atoms with E-state index in [9.17, 15) is 30.6 Å². The highest BCUT2D eigenvalue weighted by molar-refractivity contribution is 6.00. The Kier molecular flexibility index (Phi) is 8.84. The molecule has 5 fully saturated rings. The maximum absolute atomic E-state index is 15.4. The van der Waals surface area contributed by atoms with Crippen LogP contribution in [0.1, 0.15) is 73.1 Å². The quantitative estimate of drug-likeness (QED) is 0.173. The minimum absolute atomic E-state index is 0.0365. The zero-order chi connectivity index (χ0) is 37.3. The lowest BCUT2D eigenvalue weighted by Gasteiger charge is -2.69. The predicted molar refractivity (Wildman–Crippen MR) is 194 cm³/mol. The first-order valence-corrected chi connectivity index (χ1v) is 19.9. The molecule has 0 aromatic heterocycles. The number of ketones is 1. The van der Waals surface area contributed by atoms with Crippen molar-refractivity contribution in [3.05, 3.63) is 47.3 Å². The van der Waals surface area contributed by atoms with E-state index in [1.807, 2.05) is 26.1 Å². The summed E-state index contributed by atoms with van der Waals surface area (Å²) in [6.07, 6.45) is 8.31. The van der Waals surface area contributed by atoms with Crippen LogP contribution in [-0.4, -0.2) is 97.5 Å². The molecule has 6 aliphatic carbocycles. The molecule has 8 rings (SSSR count). The summed E-state index contributed by atoms with van der Waals surface area (Å²) in [7, 11) is 0. The van der Waals surface area contributed by atoms with Gasteiger partial charge in [-0.25, -0.2) is 0 Å². The average molecular weight is 724 g/mol. The standard InChI is InChI=1S/C41H61N3O8/c1-19-18-52-36(21(19)3)37(49)39(5,50)28-12-13-41(51)32-30-22(14-38(28,41)4)6-8-24(23-7-11-29(42)43-17-23)26-10-9-25-31(35(48)33(32)44-16-20(2)45)40(26,30)15-27(46)34(25)47/h6-8,11,17,19-22,24-31,34,36-37,43-47,49-51H,9-10,12-16,18,42H2,1-5H3/t19-,20+,21+,22-,24-,25-,26+,27+,28+,29?,30+,31+,34-,36-,37-,38-,39-,40+,41-/m1/s1. The Labute approximate surface area is 307 Å². The van der Waals surface area contributed by atoms with Gasteiger partial charge in [-0.05, 0) is 116 Å². The van der Waals surface area contributed by atoms with Crippen LogP contribution in [0.25, 0.3) is 0 Å². The van der Waals surface area contributed by atoms with Crippen molar-refractivity contribution >= 4 is 5.78 Å². The van der Waals surface area contributed by atoms with Crippen molar-refractivity contribution in [2.75, 3.05) is 13.2 Å². The summed E-state index contributed by atoms with van der Waals surface area (Å²) in [5.41, 5.74) is 3.23. The fourth-order valence-electron chi connectivity index (χ4n) is 13.6. The van der Waals surface area contributed by atoms with Crippen LogP contribution < -0.4 is 16.4 Å². The van der Waals surface area contributed by atoms with Gasteiger partial charge >= 0.3 is 0 Å². The third-order valence-electron chi connectivity index (χ3n) is 16.1. The number of nitrogens with one attached hydrogen (secondary N) is 2. The first kappa shape index (κ1) is 36.9. The Hall–Kier alpha value is -2.09. The summed E-state index contributed by atoms with van der Waals surface area (Å²) in [5, 5.41) is 78.3. The lowest BCUT2D eigenvalue weighted by atomic mass is 9.36. The normalized spacial score (nSPS) is 51.4. The second-order valence-electron chi connectivity index (χ2n) is 18.7. The van der Waals surface area contributed by atoms with Crippen molar-refractivity contribution < 1.29 is 40.2 Å². The number of Topliss-reactive ketones (excluding diaryl/α,β-unsaturated/α-hetero) is 1. The van der Waals surface area contributed by atoms with Gasteiger partial charge in [-0.15, -0.1) is 0 Å². The third kappa shape index (κ3) is 4.88. The van der Waals surface area contributed by atoms with Crippen LogP contribution in [0.15, 0.2) is 47.3 Å². The highest BCUT2D eigenvalue weighted by Crippen LogP contribution is 2.75. The zero-order valence-corrected chi connectivity index (χ0v) is 31.3. The monoisotopic (exact) mass is 723 g/mol. The average Bonchev–Trinajstić information content (AvgIpc) is 3.53. The van der Waals surface area contributed by atoms with Crippen LogP contribution in [0.2, 0.25) is 0 Å². The topological polar surface area (TPSA) is 198 Å². The van der Waals surface area contributed by atoms with Gasteiger partial charge in [0.1, 0.15) is 6.10 Å². The number of aliphatic hydroxyl groups excluding tert-OH is 4. The van der Waals surface area contributed by atoms with Crippen LogP contribution in [0.4, 0.5) is 0 Å². The molecule has 0 aromatic carbocycles. The Morgan fingerprint density at radius 3 is 2.52 bits per heavy atom. The summed E-state index contributed by atoms with van der Waals surface area (Å²) in [6, 6.07) is 0. The molecule has 11 heteroatoms. The van der Waals surface area contributed by atoms with Crippen molar-refractivity contribution in [2.45, 2.75) is 121 Å². The van der Waals surface area contributed by atoms with Gasteiger partial charge in [0.25, 0.3) is 0 Å². The van der Waals surface area contributed by atoms with Gasteiger partial charge in [-0.1, -0.05) is 39.0 Å². The molecule has 10 N–H and O–H groups in total. The Bertz CT molecular complexity index is 1590. The van der Waals surface area contributed by atoms with Crippen molar-refractivity contribution in [2.24, 2.45) is 69.8 Å². The van der Waals surface area contributed by atoms with E-state index in [1.165, 1.54) is 0 Å². The summed E-state index contributed by atoms with van der Waals surface area (Å²) in [5.74, 6) is -2.22. The second-order valence-corrected chi connectivity index (χ2v) is 18.7. The van der Waals surface area contributed by atoms with E-state index in [2.05, 4.69) is 35.8 Å². The molecule has 4 saturated carbocycles. The van der Waals surface area contributed by atoms with Gasteiger partial charge in [0, 0.05) is 36.6 Å². The van der Waals surface area contributed by atoms with E-state index in [0.717, 1.165) is 12.0 Å². The number of carbonyl (C=O) groups excluding carboxylic acids is 1. The number of ether oxygens (including phenoxy) is 1. The van der Waals surface area contributed by atoms with Crippen molar-refractivity contribution in [3.63, 3.8) is 0 Å². The fourth-order valence-corrected chi connectivity index (χ4v) is 13.6. The number of nitrogens with two attached hydrogens (primary N) is 1. The summed E-state index contributed by atoms with van der Waals surface area (Å²) in [6.45, 7) is 10.1. The number of hydrogen-bond acceptors (Lipinski definition) is 11. The van der Waals surface area contributed by atoms with E-state index < -0.39 is 70.3 Å². The highest BCUT2D eigenvalue weighted by atomic mass is 16.5. The van der Waals surface area contributed by atoms with Crippen LogP contribution in [0.5, 0.6) is 0 Å². The van der Waals surface area contributed by atoms with Crippen molar-refractivity contribution in [1.82, 2.24) is 10.6 Å². The van der Waals surface area contributed by atoms with E-state index >= 15 is 4.79 Å². The molecular formula is C41H61N3O8. The maximum Gasteiger partial charge on any atom is 0.182 e. The Balaban J connectivity index is 1.32. The number of allylic oxidation sites excluding steroid dienone is 5. The first-order valence-electron chi connectivity index (χ1n) is 19.9. The van der Waals surface area contributed by atoms with Gasteiger partial charge in [0.15, 0.2) is 5.78 Å². The number of fused-ring (bicyclic) bond motifs is 2. The molecule has 1 unspecified atom stereocenters. The largest absolute Gasteiger partial charge is 0.392 e. The molecule has 2 heterocycles. The van der Waals surface area contributed by atoms with Crippen LogP contribution in [0.3, 0.4) is 0 Å². The molecule has 8 aliphatic rings. The van der Waals surface area contributed by atoms with Gasteiger partial charge in [0.05, 0.1) is 47.5 Å². The van der Waals surface area contributed by atoms with E-state index in [-0.39, 0.29) is 66.8 Å². The predicted octanol–water partition coefficient (Wildman–Crippen LogP) is 1.63. The second kappa shape index (κ2) is 12.5. The van der Waals surface area contributed by atoms with Gasteiger partial charge in [0.2, 0.25) is 0 Å². The van der Waals surface area contributed by atoms with E-state index in [0.29, 0.717) is 37.1 Å². The molecule has 1 spiro atoms. The minimum Gasteiger partial charge on any atom is -0.392 e. The number of aliphatic hydroxyl groups is 6. The van der Waals surface area contributed by atoms with Gasteiger partial charge < -0.3 is 51.7 Å². The molecular weight excluding hydrogens is 662 g/mol. The molecule has 11 nitrogen and oxygen atoms in total. The smallest absolute Gasteiger partial charge is 0.182 e. The molecule has 2 bridgehead atoms. The third-order valence-corrected chi connectivity index (χ3v) is 16.1. The molecule has 0 aromatic rings. The van der Waals surface area contributed by atoms with Crippen molar-refractivity contribution in [1.29, 1.82) is 0 Å². The molecule has 0 radical (unpaired) electrons. The van der Waals surface area contributed by atoms with Gasteiger partial charge in [-0.2, -0.15) is 0 Å². The zero-order valence-electron chi connectivity index (χ0n) is 31.3. The Morgan fingerprint density at radius 1 is 1.12 bits per heavy atom. The lowest BCUT2D eigenvalue weighted by molar-refractivity contribution is -0.223. The van der Waals surface area contributed by atoms with Crippen LogP contribution in [-0.2, 0) is 9.53 Å². The summed E-state index contributed by atoms with van der Waals surface area (Å²) < 4.78 is 6.07. The molecule has 2 aliphatic heterocycles. The fraction of sp³-hybridized carbons (Fsp3) is 0.780. The van der Waals surface area contributed by atoms with Gasteiger partial charge in [-0.3, -0.25) is 4.79 Å². The maximum atomic E-state index is 15.4. The van der Waals surface area contributed by atoms with E-state index in [4.69, 9.17) is 10.5 Å². The molecule has 1 saturated heterocycles. The van der Waals surface area contributed by atoms with E-state index in [1.54, 1.807) is 13.8 Å². The minimum atomic E-state index is -1.62. The summed E-state index contributed by atoms with van der Waals surface area (Å²) in [4.78, 5) is 15.4. The molecule has 288 valence electrons. The number of hydrogen-bond donors (Lipinski definition) is 9. The van der Waals surface area contributed by atoms with Crippen molar-refractivity contribution in [3.8, 4) is 0 Å². The molecule has 52 heavy (non-hydrogen) atoms. The SMILES string of the molecule is C[C@@H]1[C@H]([C@@H](O)[C@](C)(O)[C@H]2CC[C@@]3(O)C4=C(NC[C@H](C)O)C(=O)[C@@H]5[C@H]6CC[C@H]7[C@@H](C8=CNC(N)C=C8)C=C[C@H](C[C@]23C)[C@@H]4[C@@]57C[C@H](O)[C@@H]6O)OC[C@H]1C. The number of carbonyl (C=O) groups is 1. The number of dihydropyridines is 1. The highest BCUT2D eigenvalue weighted by Gasteiger charge is 2.76. The lowest BCUT2D eigenvalue weighted by Crippen LogP contribution is -2.71. The summed E-state index contributed by atoms with van der Waals surface area (Å²) >= 11 is 0. The first-order chi connectivity index (χ1) is 24.5. The van der Waals surface area contributed by atoms with Crippen LogP contribution >= 0.6 is 0 Å².